The largest absolute Gasteiger partial charge is 0.465 e. The van der Waals surface area contributed by atoms with E-state index in [4.69, 9.17) is 4.74 Å². The molecule has 1 rings (SSSR count). The van der Waals surface area contributed by atoms with E-state index in [-0.39, 0.29) is 5.97 Å². The van der Waals surface area contributed by atoms with Gasteiger partial charge in [-0.15, -0.1) is 11.8 Å². The van der Waals surface area contributed by atoms with Gasteiger partial charge in [-0.2, -0.15) is 0 Å². The maximum absolute atomic E-state index is 12.1. The minimum absolute atomic E-state index is 0.137. The lowest BCUT2D eigenvalue weighted by molar-refractivity contribution is -0.150. The number of carbonyl (C=O) groups is 1. The van der Waals surface area contributed by atoms with E-state index in [0.29, 0.717) is 6.61 Å². The van der Waals surface area contributed by atoms with E-state index in [1.54, 1.807) is 0 Å². The lowest BCUT2D eigenvalue weighted by Crippen LogP contribution is -2.50. The van der Waals surface area contributed by atoms with Crippen LogP contribution in [0.5, 0.6) is 0 Å². The van der Waals surface area contributed by atoms with Gasteiger partial charge >= 0.3 is 5.97 Å². The molecule has 21 heavy (non-hydrogen) atoms. The molecule has 0 spiro atoms. The summed E-state index contributed by atoms with van der Waals surface area (Å²) in [5, 5.41) is 3.27. The van der Waals surface area contributed by atoms with Crippen molar-refractivity contribution in [3.05, 3.63) is 30.3 Å². The summed E-state index contributed by atoms with van der Waals surface area (Å²) in [4.78, 5) is 13.4. The number of thioether (sulfide) groups is 1. The number of nitrogens with one attached hydrogen (secondary N) is 1. The fraction of sp³-hybridized carbons (Fsp3) is 0.588. The van der Waals surface area contributed by atoms with Gasteiger partial charge in [0.2, 0.25) is 0 Å². The third kappa shape index (κ3) is 6.53. The van der Waals surface area contributed by atoms with Crippen LogP contribution in [0.1, 0.15) is 40.0 Å². The number of carbonyl (C=O) groups excluding carboxylic acids is 1. The molecule has 1 N–H and O–H groups in total. The van der Waals surface area contributed by atoms with Gasteiger partial charge in [-0.05, 0) is 51.1 Å². The molecule has 0 amide bonds. The number of ether oxygens (including phenoxy) is 1. The maximum Gasteiger partial charge on any atom is 0.326 e. The second-order valence-electron chi connectivity index (χ2n) is 5.20. The predicted octanol–water partition coefficient (Wildman–Crippen LogP) is 3.88. The van der Waals surface area contributed by atoms with E-state index >= 15 is 0 Å². The fourth-order valence-electron chi connectivity index (χ4n) is 2.23. The van der Waals surface area contributed by atoms with Gasteiger partial charge in [0.05, 0.1) is 6.61 Å². The Morgan fingerprint density at radius 3 is 2.57 bits per heavy atom. The Balaban J connectivity index is 2.31. The van der Waals surface area contributed by atoms with Crippen LogP contribution in [0.3, 0.4) is 0 Å². The molecule has 1 aromatic rings. The number of unbranched alkanes of at least 4 members (excludes halogenated alkanes) is 1. The molecule has 0 saturated carbocycles. The van der Waals surface area contributed by atoms with Gasteiger partial charge in [0.1, 0.15) is 5.54 Å². The molecule has 0 heterocycles. The monoisotopic (exact) mass is 309 g/mol. The van der Waals surface area contributed by atoms with E-state index in [0.717, 1.165) is 31.6 Å². The third-order valence-corrected chi connectivity index (χ3v) is 4.47. The van der Waals surface area contributed by atoms with E-state index in [2.05, 4.69) is 29.6 Å². The molecule has 0 saturated heterocycles. The normalized spacial score (nSPS) is 13.7. The molecule has 1 atom stereocenters. The van der Waals surface area contributed by atoms with Crippen molar-refractivity contribution in [2.24, 2.45) is 0 Å². The van der Waals surface area contributed by atoms with Crippen LogP contribution in [0, 0.1) is 0 Å². The Morgan fingerprint density at radius 1 is 1.24 bits per heavy atom. The van der Waals surface area contributed by atoms with Crippen LogP contribution in [-0.4, -0.2) is 30.4 Å². The average Bonchev–Trinajstić information content (AvgIpc) is 2.48. The molecule has 1 aromatic carbocycles. The van der Waals surface area contributed by atoms with Crippen LogP contribution in [0.15, 0.2) is 35.2 Å². The highest BCUT2D eigenvalue weighted by atomic mass is 32.2. The Labute approximate surface area is 132 Å². The van der Waals surface area contributed by atoms with Crippen LogP contribution in [-0.2, 0) is 9.53 Å². The van der Waals surface area contributed by atoms with Gasteiger partial charge in [0, 0.05) is 4.90 Å². The quantitative estimate of drug-likeness (QED) is 0.404. The first-order valence-corrected chi connectivity index (χ1v) is 8.71. The van der Waals surface area contributed by atoms with Crippen LogP contribution < -0.4 is 5.32 Å². The Bertz CT molecular complexity index is 411. The highest BCUT2D eigenvalue weighted by molar-refractivity contribution is 7.99. The Kier molecular flexibility index (Phi) is 8.47. The van der Waals surface area contributed by atoms with Crippen molar-refractivity contribution in [2.45, 2.75) is 50.5 Å². The van der Waals surface area contributed by atoms with E-state index in [1.807, 2.05) is 38.6 Å². The molecule has 118 valence electrons. The smallest absolute Gasteiger partial charge is 0.326 e. The molecular weight excluding hydrogens is 282 g/mol. The summed E-state index contributed by atoms with van der Waals surface area (Å²) < 4.78 is 5.18. The maximum atomic E-state index is 12.1. The molecule has 3 nitrogen and oxygen atoms in total. The van der Waals surface area contributed by atoms with Gasteiger partial charge in [0.15, 0.2) is 0 Å². The standard InChI is InChI=1S/C17H27NO2S/c1-4-18-17(3,16(19)20-5-2)13-9-10-14-21-15-11-7-6-8-12-15/h6-8,11-12,18H,4-5,9-10,13-14H2,1-3H3. The average molecular weight is 309 g/mol. The van der Waals surface area contributed by atoms with Gasteiger partial charge in [0.25, 0.3) is 0 Å². The highest BCUT2D eigenvalue weighted by Crippen LogP contribution is 2.21. The van der Waals surface area contributed by atoms with Crippen LogP contribution in [0.2, 0.25) is 0 Å². The van der Waals surface area contributed by atoms with E-state index < -0.39 is 5.54 Å². The fourth-order valence-corrected chi connectivity index (χ4v) is 3.16. The zero-order chi connectivity index (χ0) is 15.6. The zero-order valence-electron chi connectivity index (χ0n) is 13.4. The Morgan fingerprint density at radius 2 is 1.95 bits per heavy atom. The summed E-state index contributed by atoms with van der Waals surface area (Å²) in [7, 11) is 0. The molecule has 0 aliphatic carbocycles. The molecular formula is C17H27NO2S. The van der Waals surface area contributed by atoms with Crippen molar-refractivity contribution >= 4 is 17.7 Å². The number of rotatable bonds is 10. The summed E-state index contributed by atoms with van der Waals surface area (Å²) in [6.07, 6.45) is 2.93. The molecule has 1 unspecified atom stereocenters. The number of benzene rings is 1. The number of hydrogen-bond acceptors (Lipinski definition) is 4. The number of hydrogen-bond donors (Lipinski definition) is 1. The lowest BCUT2D eigenvalue weighted by Gasteiger charge is -2.28. The van der Waals surface area contributed by atoms with Gasteiger partial charge in [-0.3, -0.25) is 4.79 Å². The summed E-state index contributed by atoms with van der Waals surface area (Å²) in [6, 6.07) is 10.4. The van der Waals surface area contributed by atoms with Crippen LogP contribution >= 0.6 is 11.8 Å². The van der Waals surface area contributed by atoms with E-state index in [9.17, 15) is 4.79 Å². The molecule has 0 radical (unpaired) electrons. The van der Waals surface area contributed by atoms with E-state index in [1.165, 1.54) is 4.90 Å². The molecule has 0 aliphatic heterocycles. The van der Waals surface area contributed by atoms with Crippen LogP contribution in [0.25, 0.3) is 0 Å². The minimum Gasteiger partial charge on any atom is -0.465 e. The third-order valence-electron chi connectivity index (χ3n) is 3.38. The second-order valence-corrected chi connectivity index (χ2v) is 6.37. The molecule has 0 aromatic heterocycles. The second kappa shape index (κ2) is 9.85. The number of esters is 1. The number of likely N-dealkylation sites (N-methyl/N-ethyl adjacent to an activating group) is 1. The van der Waals surface area contributed by atoms with Crippen molar-refractivity contribution < 1.29 is 9.53 Å². The van der Waals surface area contributed by atoms with Crippen molar-refractivity contribution in [1.29, 1.82) is 0 Å². The SMILES string of the molecule is CCNC(C)(CCCCSc1ccccc1)C(=O)OCC. The summed E-state index contributed by atoms with van der Waals surface area (Å²) in [5.41, 5.74) is -0.553. The summed E-state index contributed by atoms with van der Waals surface area (Å²) in [6.45, 7) is 7.01. The lowest BCUT2D eigenvalue weighted by atomic mass is 9.95. The first-order chi connectivity index (χ1) is 10.1. The summed E-state index contributed by atoms with van der Waals surface area (Å²) >= 11 is 1.87. The molecule has 0 aliphatic rings. The molecule has 0 bridgehead atoms. The molecule has 4 heteroatoms. The van der Waals surface area contributed by atoms with Crippen molar-refractivity contribution in [1.82, 2.24) is 5.32 Å². The van der Waals surface area contributed by atoms with Crippen molar-refractivity contribution in [3.8, 4) is 0 Å². The first kappa shape index (κ1) is 18.1. The minimum atomic E-state index is -0.553. The Hall–Kier alpha value is -1.00. The van der Waals surface area contributed by atoms with Gasteiger partial charge in [-0.1, -0.05) is 31.5 Å². The van der Waals surface area contributed by atoms with Gasteiger partial charge in [-0.25, -0.2) is 0 Å². The predicted molar refractivity (Wildman–Crippen MR) is 89.7 cm³/mol. The van der Waals surface area contributed by atoms with Crippen molar-refractivity contribution in [3.63, 3.8) is 0 Å². The topological polar surface area (TPSA) is 38.3 Å². The van der Waals surface area contributed by atoms with Gasteiger partial charge < -0.3 is 10.1 Å². The van der Waals surface area contributed by atoms with Crippen LogP contribution in [0.4, 0.5) is 0 Å². The zero-order valence-corrected chi connectivity index (χ0v) is 14.2. The molecule has 0 fully saturated rings. The highest BCUT2D eigenvalue weighted by Gasteiger charge is 2.32. The summed E-state index contributed by atoms with van der Waals surface area (Å²) in [5.74, 6) is 0.942. The van der Waals surface area contributed by atoms with Crippen molar-refractivity contribution in [2.75, 3.05) is 18.9 Å². The first-order valence-electron chi connectivity index (χ1n) is 7.72.